The van der Waals surface area contributed by atoms with Gasteiger partial charge < -0.3 is 20.1 Å². The first-order valence-electron chi connectivity index (χ1n) is 7.94. The Morgan fingerprint density at radius 3 is 2.79 bits per heavy atom. The largest absolute Gasteiger partial charge is 0.434 e. The van der Waals surface area contributed by atoms with Gasteiger partial charge in [-0.2, -0.15) is 8.78 Å². The molecule has 0 spiro atoms. The van der Waals surface area contributed by atoms with Crippen LogP contribution in [0.5, 0.6) is 5.75 Å². The van der Waals surface area contributed by atoms with Crippen molar-refractivity contribution in [2.75, 3.05) is 19.6 Å². The Morgan fingerprint density at radius 1 is 1.46 bits per heavy atom. The van der Waals surface area contributed by atoms with Crippen LogP contribution in [0.15, 0.2) is 23.2 Å². The minimum atomic E-state index is -2.90. The molecular formula is C16H22ClF2N3O2. The van der Waals surface area contributed by atoms with Crippen molar-refractivity contribution in [1.29, 1.82) is 0 Å². The van der Waals surface area contributed by atoms with E-state index < -0.39 is 6.61 Å². The number of likely N-dealkylation sites (tertiary alicyclic amines) is 1. The summed E-state index contributed by atoms with van der Waals surface area (Å²) in [6.07, 6.45) is 1.09. The van der Waals surface area contributed by atoms with Crippen LogP contribution >= 0.6 is 11.6 Å². The maximum Gasteiger partial charge on any atom is 0.387 e. The number of nitrogens with one attached hydrogen (secondary N) is 1. The van der Waals surface area contributed by atoms with Gasteiger partial charge in [-0.05, 0) is 38.0 Å². The summed E-state index contributed by atoms with van der Waals surface area (Å²) in [5.74, 6) is 0.760. The zero-order valence-corrected chi connectivity index (χ0v) is 14.3. The highest BCUT2D eigenvalue weighted by Gasteiger charge is 2.20. The number of nitrogens with zero attached hydrogens (tertiary/aromatic N) is 2. The maximum atomic E-state index is 12.5. The molecule has 1 aromatic rings. The third-order valence-electron chi connectivity index (χ3n) is 3.74. The van der Waals surface area contributed by atoms with Crippen molar-refractivity contribution in [2.45, 2.75) is 39.0 Å². The van der Waals surface area contributed by atoms with E-state index in [9.17, 15) is 13.9 Å². The number of benzene rings is 1. The van der Waals surface area contributed by atoms with Crippen LogP contribution in [-0.4, -0.2) is 48.3 Å². The van der Waals surface area contributed by atoms with Crippen molar-refractivity contribution in [3.63, 3.8) is 0 Å². The highest BCUT2D eigenvalue weighted by atomic mass is 35.5. The van der Waals surface area contributed by atoms with E-state index in [-0.39, 0.29) is 18.4 Å². The van der Waals surface area contributed by atoms with Gasteiger partial charge in [0.05, 0.1) is 12.6 Å². The highest BCUT2D eigenvalue weighted by molar-refractivity contribution is 6.30. The molecule has 0 aromatic heterocycles. The van der Waals surface area contributed by atoms with Gasteiger partial charge in [-0.15, -0.1) is 0 Å². The predicted octanol–water partition coefficient (Wildman–Crippen LogP) is 2.86. The molecule has 0 amide bonds. The number of halogens is 3. The van der Waals surface area contributed by atoms with Gasteiger partial charge in [0.2, 0.25) is 0 Å². The van der Waals surface area contributed by atoms with E-state index in [1.165, 1.54) is 12.1 Å². The molecule has 1 aliphatic rings. The van der Waals surface area contributed by atoms with Crippen molar-refractivity contribution in [3.05, 3.63) is 28.8 Å². The quantitative estimate of drug-likeness (QED) is 0.625. The van der Waals surface area contributed by atoms with Crippen molar-refractivity contribution in [2.24, 2.45) is 4.99 Å². The van der Waals surface area contributed by atoms with Crippen LogP contribution in [0.2, 0.25) is 5.02 Å². The summed E-state index contributed by atoms with van der Waals surface area (Å²) in [5, 5.41) is 13.2. The fraction of sp³-hybridized carbons (Fsp3) is 0.562. The van der Waals surface area contributed by atoms with Crippen LogP contribution < -0.4 is 10.1 Å². The van der Waals surface area contributed by atoms with Gasteiger partial charge in [-0.1, -0.05) is 11.6 Å². The van der Waals surface area contributed by atoms with Crippen LogP contribution in [0.1, 0.15) is 25.3 Å². The van der Waals surface area contributed by atoms with E-state index in [0.717, 1.165) is 0 Å². The number of aliphatic hydroxyl groups excluding tert-OH is 1. The zero-order valence-electron chi connectivity index (χ0n) is 13.5. The van der Waals surface area contributed by atoms with Gasteiger partial charge in [-0.25, -0.2) is 4.99 Å². The number of aliphatic hydroxyl groups is 1. The van der Waals surface area contributed by atoms with Crippen molar-refractivity contribution >= 4 is 17.6 Å². The summed E-state index contributed by atoms with van der Waals surface area (Å²) in [6.45, 7) is 1.31. The molecule has 8 heteroatoms. The molecule has 24 heavy (non-hydrogen) atoms. The average Bonchev–Trinajstić information content (AvgIpc) is 2.54. The van der Waals surface area contributed by atoms with Crippen molar-refractivity contribution in [3.8, 4) is 5.75 Å². The molecule has 1 aromatic carbocycles. The number of alkyl halides is 2. The minimum absolute atomic E-state index is 0.0723. The van der Waals surface area contributed by atoms with Gasteiger partial charge in [0.25, 0.3) is 0 Å². The second-order valence-electron chi connectivity index (χ2n) is 5.52. The molecule has 1 aliphatic heterocycles. The lowest BCUT2D eigenvalue weighted by atomic mass is 10.1. The zero-order chi connectivity index (χ0) is 17.5. The second-order valence-corrected chi connectivity index (χ2v) is 5.96. The molecule has 2 N–H and O–H groups in total. The standard InChI is InChI=1S/C16H22ClF2N3O2/c1-2-20-16(22-7-5-13(23)6-8-22)21-10-11-9-12(17)3-4-14(11)24-15(18)19/h3-4,9,13,15,23H,2,5-8,10H2,1H3,(H,20,21). The molecule has 0 radical (unpaired) electrons. The summed E-state index contributed by atoms with van der Waals surface area (Å²) in [6, 6.07) is 4.50. The molecule has 1 heterocycles. The molecule has 0 unspecified atom stereocenters. The monoisotopic (exact) mass is 361 g/mol. The Kier molecular flexibility index (Phi) is 7.05. The number of hydrogen-bond acceptors (Lipinski definition) is 3. The average molecular weight is 362 g/mol. The fourth-order valence-electron chi connectivity index (χ4n) is 2.55. The van der Waals surface area contributed by atoms with Gasteiger partial charge in [0.15, 0.2) is 5.96 Å². The molecular weight excluding hydrogens is 340 g/mol. The predicted molar refractivity (Wildman–Crippen MR) is 89.7 cm³/mol. The third kappa shape index (κ3) is 5.49. The van der Waals surface area contributed by atoms with E-state index in [2.05, 4.69) is 19.9 Å². The normalized spacial score (nSPS) is 16.6. The van der Waals surface area contributed by atoms with E-state index in [1.54, 1.807) is 6.07 Å². The number of rotatable bonds is 5. The fourth-order valence-corrected chi connectivity index (χ4v) is 2.74. The number of piperidine rings is 1. The Labute approximate surface area is 145 Å². The molecule has 0 bridgehead atoms. The lowest BCUT2D eigenvalue weighted by molar-refractivity contribution is -0.0504. The second kappa shape index (κ2) is 9.03. The van der Waals surface area contributed by atoms with E-state index in [4.69, 9.17) is 11.6 Å². The number of hydrogen-bond donors (Lipinski definition) is 2. The molecule has 0 saturated carbocycles. The van der Waals surface area contributed by atoms with Gasteiger partial charge >= 0.3 is 6.61 Å². The van der Waals surface area contributed by atoms with Crippen LogP contribution in [0, 0.1) is 0 Å². The Hall–Kier alpha value is -1.60. The molecule has 0 aliphatic carbocycles. The lowest BCUT2D eigenvalue weighted by Crippen LogP contribution is -2.46. The van der Waals surface area contributed by atoms with Gasteiger partial charge in [0, 0.05) is 30.2 Å². The van der Waals surface area contributed by atoms with Crippen LogP contribution in [0.4, 0.5) is 8.78 Å². The highest BCUT2D eigenvalue weighted by Crippen LogP contribution is 2.25. The molecule has 0 atom stereocenters. The molecule has 2 rings (SSSR count). The summed E-state index contributed by atoms with van der Waals surface area (Å²) >= 11 is 5.95. The summed E-state index contributed by atoms with van der Waals surface area (Å²) < 4.78 is 29.5. The van der Waals surface area contributed by atoms with E-state index in [1.807, 2.05) is 6.92 Å². The van der Waals surface area contributed by atoms with Crippen molar-refractivity contribution in [1.82, 2.24) is 10.2 Å². The van der Waals surface area contributed by atoms with Gasteiger partial charge in [-0.3, -0.25) is 0 Å². The Morgan fingerprint density at radius 2 is 2.17 bits per heavy atom. The smallest absolute Gasteiger partial charge is 0.387 e. The topological polar surface area (TPSA) is 57.1 Å². The molecule has 5 nitrogen and oxygen atoms in total. The first-order valence-corrected chi connectivity index (χ1v) is 8.32. The first kappa shape index (κ1) is 18.7. The Balaban J connectivity index is 2.14. The van der Waals surface area contributed by atoms with E-state index in [0.29, 0.717) is 49.0 Å². The summed E-state index contributed by atoms with van der Waals surface area (Å²) in [7, 11) is 0. The van der Waals surface area contributed by atoms with E-state index >= 15 is 0 Å². The van der Waals surface area contributed by atoms with Crippen molar-refractivity contribution < 1.29 is 18.6 Å². The maximum absolute atomic E-state index is 12.5. The first-order chi connectivity index (χ1) is 11.5. The minimum Gasteiger partial charge on any atom is -0.434 e. The lowest BCUT2D eigenvalue weighted by Gasteiger charge is -2.32. The van der Waals surface area contributed by atoms with Gasteiger partial charge in [0.1, 0.15) is 5.75 Å². The van der Waals surface area contributed by atoms with Crippen LogP contribution in [0.25, 0.3) is 0 Å². The Bertz CT molecular complexity index is 564. The molecule has 1 fully saturated rings. The number of guanidine groups is 1. The molecule has 1 saturated heterocycles. The summed E-state index contributed by atoms with van der Waals surface area (Å²) in [4.78, 5) is 6.56. The van der Waals surface area contributed by atoms with Crippen LogP contribution in [0.3, 0.4) is 0 Å². The number of ether oxygens (including phenoxy) is 1. The summed E-state index contributed by atoms with van der Waals surface area (Å²) in [5.41, 5.74) is 0.496. The van der Waals surface area contributed by atoms with Crippen LogP contribution in [-0.2, 0) is 6.54 Å². The third-order valence-corrected chi connectivity index (χ3v) is 3.97. The SMILES string of the molecule is CCNC(=NCc1cc(Cl)ccc1OC(F)F)N1CCC(O)CC1. The number of aliphatic imine (C=N–C) groups is 1. The molecule has 134 valence electrons.